The maximum absolute atomic E-state index is 13.6. The lowest BCUT2D eigenvalue weighted by Gasteiger charge is -2.07. The van der Waals surface area contributed by atoms with Crippen molar-refractivity contribution in [2.24, 2.45) is 0 Å². The molecule has 1 N–H and O–H groups in total. The van der Waals surface area contributed by atoms with Crippen molar-refractivity contribution in [2.75, 3.05) is 6.54 Å². The minimum atomic E-state index is -0.168. The topological polar surface area (TPSA) is 12.0 Å². The zero-order chi connectivity index (χ0) is 12.8. The average molecular weight is 300 g/mol. The summed E-state index contributed by atoms with van der Waals surface area (Å²) in [4.78, 5) is 0. The van der Waals surface area contributed by atoms with Crippen LogP contribution in [0.5, 0.6) is 0 Å². The van der Waals surface area contributed by atoms with E-state index in [1.165, 1.54) is 6.07 Å². The molecule has 0 spiro atoms. The van der Waals surface area contributed by atoms with Gasteiger partial charge in [0.2, 0.25) is 0 Å². The third-order valence-corrected chi connectivity index (χ3v) is 2.99. The van der Waals surface area contributed by atoms with Crippen LogP contribution >= 0.6 is 15.9 Å². The molecule has 0 atom stereocenters. The molecule has 1 aromatic carbocycles. The molecule has 0 saturated heterocycles. The lowest BCUT2D eigenvalue weighted by molar-refractivity contribution is 0.594. The molecule has 0 fully saturated rings. The van der Waals surface area contributed by atoms with Gasteiger partial charge in [-0.2, -0.15) is 0 Å². The van der Waals surface area contributed by atoms with Crippen molar-refractivity contribution < 1.29 is 4.39 Å². The number of hydrogen-bond donors (Lipinski definition) is 1. The molecule has 0 aromatic heterocycles. The van der Waals surface area contributed by atoms with Crippen molar-refractivity contribution in [2.45, 2.75) is 33.2 Å². The second-order valence-corrected chi connectivity index (χ2v) is 5.32. The summed E-state index contributed by atoms with van der Waals surface area (Å²) in [6.45, 7) is 7.10. The number of benzene rings is 1. The Morgan fingerprint density at radius 2 is 2.18 bits per heavy atom. The Kier molecular flexibility index (Phi) is 5.86. The molecule has 0 aliphatic heterocycles. The molecule has 0 radical (unpaired) electrons. The molecule has 0 aliphatic carbocycles. The van der Waals surface area contributed by atoms with E-state index in [9.17, 15) is 4.39 Å². The van der Waals surface area contributed by atoms with Gasteiger partial charge in [0.1, 0.15) is 5.82 Å². The van der Waals surface area contributed by atoms with Crippen LogP contribution in [0.2, 0.25) is 0 Å². The van der Waals surface area contributed by atoms with Crippen molar-refractivity contribution in [3.05, 3.63) is 40.1 Å². The van der Waals surface area contributed by atoms with Gasteiger partial charge in [-0.25, -0.2) is 4.39 Å². The Hall–Kier alpha value is -0.670. The Bertz CT molecular complexity index is 399. The molecule has 1 aromatic rings. The molecule has 1 nitrogen and oxygen atoms in total. The number of allylic oxidation sites excluding steroid dienone is 1. The van der Waals surface area contributed by atoms with E-state index in [0.717, 1.165) is 23.0 Å². The highest BCUT2D eigenvalue weighted by atomic mass is 79.9. The molecule has 17 heavy (non-hydrogen) atoms. The number of rotatable bonds is 5. The van der Waals surface area contributed by atoms with Gasteiger partial charge in [-0.15, -0.1) is 0 Å². The van der Waals surface area contributed by atoms with E-state index in [4.69, 9.17) is 0 Å². The van der Waals surface area contributed by atoms with Gasteiger partial charge in [0.15, 0.2) is 0 Å². The molecule has 0 unspecified atom stereocenters. The van der Waals surface area contributed by atoms with Crippen LogP contribution in [-0.4, -0.2) is 12.6 Å². The number of halogens is 2. The van der Waals surface area contributed by atoms with Crippen molar-refractivity contribution in [1.82, 2.24) is 5.32 Å². The quantitative estimate of drug-likeness (QED) is 0.796. The summed E-state index contributed by atoms with van der Waals surface area (Å²) in [5.41, 5.74) is 1.65. The van der Waals surface area contributed by atoms with E-state index in [1.807, 2.05) is 13.0 Å². The first-order valence-electron chi connectivity index (χ1n) is 5.86. The molecular formula is C14H19BrFN. The molecular weight excluding hydrogens is 281 g/mol. The molecule has 0 amide bonds. The van der Waals surface area contributed by atoms with Gasteiger partial charge < -0.3 is 5.32 Å². The molecule has 0 heterocycles. The minimum Gasteiger partial charge on any atom is -0.314 e. The van der Waals surface area contributed by atoms with E-state index in [0.29, 0.717) is 11.6 Å². The average Bonchev–Trinajstić information content (AvgIpc) is 2.27. The van der Waals surface area contributed by atoms with Gasteiger partial charge in [0.05, 0.1) is 0 Å². The van der Waals surface area contributed by atoms with Crippen molar-refractivity contribution in [3.8, 4) is 0 Å². The zero-order valence-electron chi connectivity index (χ0n) is 10.6. The van der Waals surface area contributed by atoms with Crippen LogP contribution in [0.15, 0.2) is 28.7 Å². The molecule has 0 bridgehead atoms. The summed E-state index contributed by atoms with van der Waals surface area (Å²) in [6.07, 6.45) is 2.98. The van der Waals surface area contributed by atoms with Gasteiger partial charge in [-0.1, -0.05) is 35.9 Å². The smallest absolute Gasteiger partial charge is 0.130 e. The van der Waals surface area contributed by atoms with Gasteiger partial charge in [0.25, 0.3) is 0 Å². The maximum Gasteiger partial charge on any atom is 0.130 e. The molecule has 94 valence electrons. The molecule has 3 heteroatoms. The SMILES string of the molecule is CC(=CCCNC(C)C)c1cc(Br)ccc1F. The molecule has 1 rings (SSSR count). The predicted octanol–water partition coefficient (Wildman–Crippen LogP) is 4.38. The van der Waals surface area contributed by atoms with E-state index < -0.39 is 0 Å². The van der Waals surface area contributed by atoms with Crippen molar-refractivity contribution >= 4 is 21.5 Å². The highest BCUT2D eigenvalue weighted by molar-refractivity contribution is 9.10. The summed E-state index contributed by atoms with van der Waals surface area (Å²) in [5, 5.41) is 3.33. The zero-order valence-corrected chi connectivity index (χ0v) is 12.1. The Labute approximate surface area is 111 Å². The summed E-state index contributed by atoms with van der Waals surface area (Å²) in [7, 11) is 0. The maximum atomic E-state index is 13.6. The van der Waals surface area contributed by atoms with Crippen LogP contribution in [-0.2, 0) is 0 Å². The highest BCUT2D eigenvalue weighted by Gasteiger charge is 2.04. The van der Waals surface area contributed by atoms with Crippen molar-refractivity contribution in [1.29, 1.82) is 0 Å². The van der Waals surface area contributed by atoms with E-state index in [2.05, 4.69) is 41.2 Å². The summed E-state index contributed by atoms with van der Waals surface area (Å²) in [5.74, 6) is -0.168. The van der Waals surface area contributed by atoms with Crippen LogP contribution in [0.3, 0.4) is 0 Å². The highest BCUT2D eigenvalue weighted by Crippen LogP contribution is 2.22. The fourth-order valence-electron chi connectivity index (χ4n) is 1.57. The number of hydrogen-bond acceptors (Lipinski definition) is 1. The van der Waals surface area contributed by atoms with Gasteiger partial charge >= 0.3 is 0 Å². The van der Waals surface area contributed by atoms with Crippen LogP contribution in [0.25, 0.3) is 5.57 Å². The standard InChI is InChI=1S/C14H19BrFN/c1-10(2)17-8-4-5-11(3)13-9-12(15)6-7-14(13)16/h5-7,9-10,17H,4,8H2,1-3H3. The summed E-state index contributed by atoms with van der Waals surface area (Å²) in [6, 6.07) is 5.51. The molecule has 0 aliphatic rings. The Morgan fingerprint density at radius 1 is 1.47 bits per heavy atom. The largest absolute Gasteiger partial charge is 0.314 e. The first-order chi connectivity index (χ1) is 8.00. The monoisotopic (exact) mass is 299 g/mol. The first kappa shape index (κ1) is 14.4. The fraction of sp³-hybridized carbons (Fsp3) is 0.429. The van der Waals surface area contributed by atoms with Crippen LogP contribution in [0.4, 0.5) is 4.39 Å². The Balaban J connectivity index is 2.65. The minimum absolute atomic E-state index is 0.168. The third-order valence-electron chi connectivity index (χ3n) is 2.50. The second kappa shape index (κ2) is 6.92. The summed E-state index contributed by atoms with van der Waals surface area (Å²) < 4.78 is 14.5. The van der Waals surface area contributed by atoms with Crippen LogP contribution < -0.4 is 5.32 Å². The van der Waals surface area contributed by atoms with Crippen LogP contribution in [0.1, 0.15) is 32.8 Å². The van der Waals surface area contributed by atoms with E-state index >= 15 is 0 Å². The number of nitrogens with one attached hydrogen (secondary N) is 1. The first-order valence-corrected chi connectivity index (χ1v) is 6.65. The fourth-order valence-corrected chi connectivity index (χ4v) is 1.93. The summed E-state index contributed by atoms with van der Waals surface area (Å²) >= 11 is 3.36. The van der Waals surface area contributed by atoms with Gasteiger partial charge in [-0.05, 0) is 43.7 Å². The van der Waals surface area contributed by atoms with Crippen molar-refractivity contribution in [3.63, 3.8) is 0 Å². The second-order valence-electron chi connectivity index (χ2n) is 4.41. The lowest BCUT2D eigenvalue weighted by Crippen LogP contribution is -2.23. The van der Waals surface area contributed by atoms with Gasteiger partial charge in [0, 0.05) is 16.1 Å². The molecule has 0 saturated carbocycles. The van der Waals surface area contributed by atoms with E-state index in [-0.39, 0.29) is 5.82 Å². The van der Waals surface area contributed by atoms with E-state index in [1.54, 1.807) is 6.07 Å². The normalized spacial score (nSPS) is 12.2. The van der Waals surface area contributed by atoms with Gasteiger partial charge in [-0.3, -0.25) is 0 Å². The third kappa shape index (κ3) is 5.00. The predicted molar refractivity (Wildman–Crippen MR) is 75.5 cm³/mol. The lowest BCUT2D eigenvalue weighted by atomic mass is 10.1. The van der Waals surface area contributed by atoms with Crippen LogP contribution in [0, 0.1) is 5.82 Å². The Morgan fingerprint density at radius 3 is 2.82 bits per heavy atom.